The zero-order valence-electron chi connectivity index (χ0n) is 16.1. The summed E-state index contributed by atoms with van der Waals surface area (Å²) in [6, 6.07) is 14.2. The van der Waals surface area contributed by atoms with Gasteiger partial charge in [0.05, 0.1) is 30.2 Å². The minimum absolute atomic E-state index is 0.109. The van der Waals surface area contributed by atoms with Crippen LogP contribution in [0.25, 0.3) is 0 Å². The van der Waals surface area contributed by atoms with Crippen LogP contribution in [0.5, 0.6) is 0 Å². The van der Waals surface area contributed by atoms with Crippen LogP contribution in [0, 0.1) is 13.8 Å². The number of nitrogens with zero attached hydrogens (tertiary/aromatic N) is 5. The summed E-state index contributed by atoms with van der Waals surface area (Å²) < 4.78 is 3.86. The fraction of sp³-hybridized carbons (Fsp3) is 0.381. The molecule has 0 spiro atoms. The molecule has 0 unspecified atom stereocenters. The number of hydrogen-bond acceptors (Lipinski definition) is 3. The molecule has 1 aliphatic heterocycles. The van der Waals surface area contributed by atoms with Crippen LogP contribution >= 0.6 is 0 Å². The number of aromatic nitrogens is 4. The zero-order valence-corrected chi connectivity index (χ0v) is 16.1. The lowest BCUT2D eigenvalue weighted by Gasteiger charge is -2.30. The number of amides is 1. The number of aryl methyl sites for hydroxylation is 2. The number of benzene rings is 1. The zero-order chi connectivity index (χ0) is 19.0. The highest BCUT2D eigenvalue weighted by atomic mass is 16.2. The first-order chi connectivity index (χ1) is 13.0. The summed E-state index contributed by atoms with van der Waals surface area (Å²) in [5, 5.41) is 9.19. The second kappa shape index (κ2) is 7.02. The van der Waals surface area contributed by atoms with Crippen molar-refractivity contribution < 1.29 is 4.79 Å². The van der Waals surface area contributed by atoms with E-state index >= 15 is 0 Å². The maximum absolute atomic E-state index is 13.0. The second-order valence-electron chi connectivity index (χ2n) is 7.32. The molecular weight excluding hydrogens is 338 g/mol. The normalized spacial score (nSPS) is 14.9. The van der Waals surface area contributed by atoms with Crippen LogP contribution < -0.4 is 0 Å². The van der Waals surface area contributed by atoms with Crippen LogP contribution in [-0.4, -0.2) is 36.9 Å². The third kappa shape index (κ3) is 3.52. The average molecular weight is 363 g/mol. The Morgan fingerprint density at radius 3 is 2.59 bits per heavy atom. The predicted octanol–water partition coefficient (Wildman–Crippen LogP) is 2.89. The quantitative estimate of drug-likeness (QED) is 0.716. The molecule has 0 radical (unpaired) electrons. The van der Waals surface area contributed by atoms with Gasteiger partial charge in [0, 0.05) is 18.7 Å². The molecule has 1 amide bonds. The minimum atomic E-state index is -0.294. The molecule has 0 aliphatic carbocycles. The Kier molecular flexibility index (Phi) is 4.56. The predicted molar refractivity (Wildman–Crippen MR) is 103 cm³/mol. The molecule has 1 aromatic carbocycles. The van der Waals surface area contributed by atoms with Crippen molar-refractivity contribution in [3.05, 3.63) is 70.8 Å². The van der Waals surface area contributed by atoms with Gasteiger partial charge in [0.2, 0.25) is 5.91 Å². The van der Waals surface area contributed by atoms with Crippen molar-refractivity contribution >= 4 is 5.91 Å². The summed E-state index contributed by atoms with van der Waals surface area (Å²) in [5.41, 5.74) is 5.35. The standard InChI is InChI=1S/C21H25N5O/c1-15-11-16(2)26(22-15)17(3)21(27)24-9-10-25-20(14-24)13-19(23-25)12-18-7-5-4-6-8-18/h4-8,11,13,17H,9-10,12,14H2,1-3H3/t17-/m1/s1. The van der Waals surface area contributed by atoms with Gasteiger partial charge < -0.3 is 4.90 Å². The van der Waals surface area contributed by atoms with E-state index in [9.17, 15) is 4.79 Å². The van der Waals surface area contributed by atoms with E-state index in [1.54, 1.807) is 0 Å². The lowest BCUT2D eigenvalue weighted by molar-refractivity contribution is -0.136. The van der Waals surface area contributed by atoms with Crippen molar-refractivity contribution in [2.75, 3.05) is 6.54 Å². The van der Waals surface area contributed by atoms with E-state index in [1.165, 1.54) is 5.56 Å². The van der Waals surface area contributed by atoms with Gasteiger partial charge in [-0.2, -0.15) is 10.2 Å². The maximum atomic E-state index is 13.0. The summed E-state index contributed by atoms with van der Waals surface area (Å²) in [7, 11) is 0. The van der Waals surface area contributed by atoms with Gasteiger partial charge in [0.1, 0.15) is 6.04 Å². The van der Waals surface area contributed by atoms with E-state index in [4.69, 9.17) is 5.10 Å². The minimum Gasteiger partial charge on any atom is -0.333 e. The molecule has 140 valence electrons. The van der Waals surface area contributed by atoms with Gasteiger partial charge in [-0.1, -0.05) is 30.3 Å². The van der Waals surface area contributed by atoms with Gasteiger partial charge in [0.25, 0.3) is 0 Å². The molecule has 3 heterocycles. The molecule has 1 atom stereocenters. The van der Waals surface area contributed by atoms with Crippen molar-refractivity contribution in [1.29, 1.82) is 0 Å². The van der Waals surface area contributed by atoms with E-state index in [1.807, 2.05) is 59.3 Å². The Labute approximate surface area is 159 Å². The topological polar surface area (TPSA) is 56.0 Å². The summed E-state index contributed by atoms with van der Waals surface area (Å²) in [6.07, 6.45) is 0.816. The Morgan fingerprint density at radius 1 is 1.11 bits per heavy atom. The average Bonchev–Trinajstić information content (AvgIpc) is 3.22. The van der Waals surface area contributed by atoms with E-state index in [-0.39, 0.29) is 11.9 Å². The molecule has 0 saturated heterocycles. The van der Waals surface area contributed by atoms with E-state index in [0.29, 0.717) is 13.1 Å². The number of rotatable bonds is 4. The van der Waals surface area contributed by atoms with Gasteiger partial charge in [-0.3, -0.25) is 14.2 Å². The summed E-state index contributed by atoms with van der Waals surface area (Å²) in [5.74, 6) is 0.109. The smallest absolute Gasteiger partial charge is 0.247 e. The molecule has 3 aromatic rings. The van der Waals surface area contributed by atoms with Crippen LogP contribution in [0.2, 0.25) is 0 Å². The number of fused-ring (bicyclic) bond motifs is 1. The van der Waals surface area contributed by atoms with Crippen LogP contribution in [0.4, 0.5) is 0 Å². The van der Waals surface area contributed by atoms with Gasteiger partial charge in [-0.15, -0.1) is 0 Å². The van der Waals surface area contributed by atoms with Crippen molar-refractivity contribution in [3.8, 4) is 0 Å². The van der Waals surface area contributed by atoms with Crippen LogP contribution in [-0.2, 0) is 24.3 Å². The molecule has 0 bridgehead atoms. The van der Waals surface area contributed by atoms with Gasteiger partial charge in [-0.05, 0) is 38.5 Å². The van der Waals surface area contributed by atoms with Gasteiger partial charge >= 0.3 is 0 Å². The monoisotopic (exact) mass is 363 g/mol. The summed E-state index contributed by atoms with van der Waals surface area (Å²) >= 11 is 0. The number of carbonyl (C=O) groups is 1. The number of carbonyl (C=O) groups excluding carboxylic acids is 1. The molecule has 2 aromatic heterocycles. The van der Waals surface area contributed by atoms with Crippen LogP contribution in [0.15, 0.2) is 42.5 Å². The summed E-state index contributed by atoms with van der Waals surface area (Å²) in [4.78, 5) is 14.9. The lowest BCUT2D eigenvalue weighted by Crippen LogP contribution is -2.42. The molecule has 4 rings (SSSR count). The molecule has 6 nitrogen and oxygen atoms in total. The van der Waals surface area contributed by atoms with E-state index in [0.717, 1.165) is 35.7 Å². The summed E-state index contributed by atoms with van der Waals surface area (Å²) in [6.45, 7) is 7.89. The Bertz CT molecular complexity index is 956. The van der Waals surface area contributed by atoms with Crippen molar-refractivity contribution in [2.45, 2.75) is 46.3 Å². The highest BCUT2D eigenvalue weighted by molar-refractivity contribution is 5.80. The fourth-order valence-corrected chi connectivity index (χ4v) is 3.81. The molecule has 0 saturated carbocycles. The van der Waals surface area contributed by atoms with E-state index in [2.05, 4.69) is 23.3 Å². The lowest BCUT2D eigenvalue weighted by atomic mass is 10.1. The Hall–Kier alpha value is -2.89. The fourth-order valence-electron chi connectivity index (χ4n) is 3.81. The Balaban J connectivity index is 1.48. The van der Waals surface area contributed by atoms with Gasteiger partial charge in [-0.25, -0.2) is 0 Å². The SMILES string of the molecule is Cc1cc(C)n([C@H](C)C(=O)N2CCn3nc(Cc4ccccc4)cc3C2)n1. The van der Waals surface area contributed by atoms with Crippen LogP contribution in [0.1, 0.15) is 41.3 Å². The van der Waals surface area contributed by atoms with E-state index < -0.39 is 0 Å². The largest absolute Gasteiger partial charge is 0.333 e. The first-order valence-electron chi connectivity index (χ1n) is 9.42. The molecular formula is C21H25N5O. The van der Waals surface area contributed by atoms with Crippen LogP contribution in [0.3, 0.4) is 0 Å². The first-order valence-corrected chi connectivity index (χ1v) is 9.42. The highest BCUT2D eigenvalue weighted by Gasteiger charge is 2.27. The molecule has 0 fully saturated rings. The highest BCUT2D eigenvalue weighted by Crippen LogP contribution is 2.20. The molecule has 0 N–H and O–H groups in total. The molecule has 6 heteroatoms. The first kappa shape index (κ1) is 17.5. The molecule has 27 heavy (non-hydrogen) atoms. The van der Waals surface area contributed by atoms with Crippen molar-refractivity contribution in [1.82, 2.24) is 24.5 Å². The van der Waals surface area contributed by atoms with Crippen molar-refractivity contribution in [3.63, 3.8) is 0 Å². The number of hydrogen-bond donors (Lipinski definition) is 0. The Morgan fingerprint density at radius 2 is 1.89 bits per heavy atom. The third-order valence-electron chi connectivity index (χ3n) is 5.16. The van der Waals surface area contributed by atoms with Crippen molar-refractivity contribution in [2.24, 2.45) is 0 Å². The van der Waals surface area contributed by atoms with Gasteiger partial charge in [0.15, 0.2) is 0 Å². The third-order valence-corrected chi connectivity index (χ3v) is 5.16. The maximum Gasteiger partial charge on any atom is 0.247 e. The molecule has 1 aliphatic rings. The second-order valence-corrected chi connectivity index (χ2v) is 7.32.